The Morgan fingerprint density at radius 2 is 1.88 bits per heavy atom. The molecule has 2 N–H and O–H groups in total. The maximum absolute atomic E-state index is 9.56. The Balaban J connectivity index is 1.56. The molecule has 4 nitrogen and oxygen atoms in total. The van der Waals surface area contributed by atoms with E-state index < -0.39 is 0 Å². The minimum atomic E-state index is -0.342. The number of aliphatic hydroxyl groups excluding tert-OH is 1. The Morgan fingerprint density at radius 1 is 1.16 bits per heavy atom. The number of nitrogens with one attached hydrogen (secondary N) is 1. The van der Waals surface area contributed by atoms with E-state index in [1.807, 2.05) is 0 Å². The highest BCUT2D eigenvalue weighted by molar-refractivity contribution is 7.99. The number of fused-ring (bicyclic) bond motifs is 2. The summed E-state index contributed by atoms with van der Waals surface area (Å²) < 4.78 is 0. The summed E-state index contributed by atoms with van der Waals surface area (Å²) in [6.45, 7) is 1.81. The Bertz CT molecular complexity index is 738. The van der Waals surface area contributed by atoms with E-state index in [-0.39, 0.29) is 6.10 Å². The van der Waals surface area contributed by atoms with Crippen LogP contribution in [0.3, 0.4) is 0 Å². The van der Waals surface area contributed by atoms with Gasteiger partial charge in [-0.2, -0.15) is 0 Å². The lowest BCUT2D eigenvalue weighted by molar-refractivity contribution is 0.220. The van der Waals surface area contributed by atoms with Crippen LogP contribution < -0.4 is 5.32 Å². The number of aromatic nitrogens is 2. The van der Waals surface area contributed by atoms with Crippen LogP contribution in [-0.4, -0.2) is 33.0 Å². The van der Waals surface area contributed by atoms with Crippen molar-refractivity contribution in [2.24, 2.45) is 0 Å². The third-order valence-corrected chi connectivity index (χ3v) is 6.10. The number of hydrogen-bond donors (Lipinski definition) is 2. The van der Waals surface area contributed by atoms with Gasteiger partial charge in [-0.3, -0.25) is 0 Å². The molecule has 0 radical (unpaired) electrons. The van der Waals surface area contributed by atoms with Crippen LogP contribution in [0.5, 0.6) is 0 Å². The molecule has 0 spiro atoms. The molecule has 0 fully saturated rings. The summed E-state index contributed by atoms with van der Waals surface area (Å²) in [6.07, 6.45) is 6.31. The molecule has 4 rings (SSSR count). The molecule has 2 aliphatic rings. The Labute approximate surface area is 153 Å². The molecule has 0 amide bonds. The van der Waals surface area contributed by atoms with Crippen molar-refractivity contribution >= 4 is 17.6 Å². The SMILES string of the molecule is C[C@@H](O)CSc1nc2c(c(NC3Cc4ccccc4C3)n1)CCCC2. The largest absolute Gasteiger partial charge is 0.393 e. The highest BCUT2D eigenvalue weighted by Gasteiger charge is 2.24. The number of benzene rings is 1. The molecule has 1 aromatic heterocycles. The molecule has 0 saturated heterocycles. The second-order valence-electron chi connectivity index (χ2n) is 7.17. The van der Waals surface area contributed by atoms with Crippen LogP contribution in [0.1, 0.15) is 42.1 Å². The maximum Gasteiger partial charge on any atom is 0.189 e. The van der Waals surface area contributed by atoms with Crippen LogP contribution in [0.15, 0.2) is 29.4 Å². The van der Waals surface area contributed by atoms with Gasteiger partial charge in [0.1, 0.15) is 5.82 Å². The van der Waals surface area contributed by atoms with Gasteiger partial charge in [-0.1, -0.05) is 36.0 Å². The van der Waals surface area contributed by atoms with Crippen LogP contribution in [-0.2, 0) is 25.7 Å². The summed E-state index contributed by atoms with van der Waals surface area (Å²) in [5.41, 5.74) is 5.41. The maximum atomic E-state index is 9.56. The van der Waals surface area contributed by atoms with Gasteiger partial charge >= 0.3 is 0 Å². The van der Waals surface area contributed by atoms with E-state index in [1.165, 1.54) is 35.2 Å². The van der Waals surface area contributed by atoms with Crippen molar-refractivity contribution in [3.8, 4) is 0 Å². The van der Waals surface area contributed by atoms with E-state index in [4.69, 9.17) is 9.97 Å². The lowest BCUT2D eigenvalue weighted by atomic mass is 9.96. The van der Waals surface area contributed by atoms with E-state index in [0.717, 1.165) is 36.7 Å². The zero-order valence-corrected chi connectivity index (χ0v) is 15.5. The first-order valence-corrected chi connectivity index (χ1v) is 10.2. The molecular formula is C20H25N3OS. The van der Waals surface area contributed by atoms with E-state index in [1.54, 1.807) is 18.7 Å². The fourth-order valence-corrected chi connectivity index (χ4v) is 4.53. The number of aryl methyl sites for hydroxylation is 1. The van der Waals surface area contributed by atoms with Crippen LogP contribution >= 0.6 is 11.8 Å². The van der Waals surface area contributed by atoms with Crippen molar-refractivity contribution in [2.75, 3.05) is 11.1 Å². The summed E-state index contributed by atoms with van der Waals surface area (Å²) in [4.78, 5) is 9.57. The second-order valence-corrected chi connectivity index (χ2v) is 8.15. The van der Waals surface area contributed by atoms with Crippen LogP contribution in [0.25, 0.3) is 0 Å². The number of nitrogens with zero attached hydrogens (tertiary/aromatic N) is 2. The van der Waals surface area contributed by atoms with E-state index in [2.05, 4.69) is 29.6 Å². The Hall–Kier alpha value is -1.59. The minimum absolute atomic E-state index is 0.342. The minimum Gasteiger partial charge on any atom is -0.393 e. The van der Waals surface area contributed by atoms with Crippen LogP contribution in [0, 0.1) is 0 Å². The van der Waals surface area contributed by atoms with Crippen molar-refractivity contribution in [1.29, 1.82) is 0 Å². The molecule has 5 heteroatoms. The van der Waals surface area contributed by atoms with Gasteiger partial charge < -0.3 is 10.4 Å². The summed E-state index contributed by atoms with van der Waals surface area (Å²) >= 11 is 1.55. The zero-order chi connectivity index (χ0) is 17.2. The van der Waals surface area contributed by atoms with Crippen molar-refractivity contribution in [3.63, 3.8) is 0 Å². The molecule has 2 aromatic rings. The smallest absolute Gasteiger partial charge is 0.189 e. The van der Waals surface area contributed by atoms with Gasteiger partial charge in [0.25, 0.3) is 0 Å². The highest BCUT2D eigenvalue weighted by atomic mass is 32.2. The molecule has 1 atom stereocenters. The van der Waals surface area contributed by atoms with Gasteiger partial charge in [-0.05, 0) is 56.6 Å². The lowest BCUT2D eigenvalue weighted by Gasteiger charge is -2.22. The topological polar surface area (TPSA) is 58.0 Å². The first-order chi connectivity index (χ1) is 12.2. The average Bonchev–Trinajstić information content (AvgIpc) is 3.02. The highest BCUT2D eigenvalue weighted by Crippen LogP contribution is 2.31. The number of thioether (sulfide) groups is 1. The normalized spacial score (nSPS) is 17.8. The Morgan fingerprint density at radius 3 is 2.60 bits per heavy atom. The average molecular weight is 356 g/mol. The number of rotatable bonds is 5. The molecule has 2 aliphatic carbocycles. The van der Waals surface area contributed by atoms with Gasteiger partial charge in [-0.25, -0.2) is 9.97 Å². The molecule has 25 heavy (non-hydrogen) atoms. The van der Waals surface area contributed by atoms with Crippen molar-refractivity contribution in [3.05, 3.63) is 46.6 Å². The molecular weight excluding hydrogens is 330 g/mol. The number of anilines is 1. The third-order valence-electron chi connectivity index (χ3n) is 5.01. The fourth-order valence-electron chi connectivity index (χ4n) is 3.80. The van der Waals surface area contributed by atoms with E-state index >= 15 is 0 Å². The summed E-state index contributed by atoms with van der Waals surface area (Å²) in [5.74, 6) is 1.66. The third kappa shape index (κ3) is 3.82. The quantitative estimate of drug-likeness (QED) is 0.636. The van der Waals surface area contributed by atoms with Gasteiger partial charge in [0, 0.05) is 17.4 Å². The van der Waals surface area contributed by atoms with E-state index in [0.29, 0.717) is 11.8 Å². The first-order valence-electron chi connectivity index (χ1n) is 9.23. The van der Waals surface area contributed by atoms with Crippen molar-refractivity contribution in [1.82, 2.24) is 9.97 Å². The molecule has 0 saturated carbocycles. The molecule has 132 valence electrons. The van der Waals surface area contributed by atoms with Gasteiger partial charge in [0.2, 0.25) is 0 Å². The summed E-state index contributed by atoms with van der Waals surface area (Å²) in [5, 5.41) is 14.1. The monoisotopic (exact) mass is 355 g/mol. The standard InChI is InChI=1S/C20H25N3OS/c1-13(24)12-25-20-22-18-9-5-4-8-17(18)19(23-20)21-16-10-14-6-2-3-7-15(14)11-16/h2-3,6-7,13,16,24H,4-5,8-12H2,1H3,(H,21,22,23)/t13-/m1/s1. The zero-order valence-electron chi connectivity index (χ0n) is 14.7. The predicted molar refractivity (Wildman–Crippen MR) is 102 cm³/mol. The van der Waals surface area contributed by atoms with Crippen molar-refractivity contribution < 1.29 is 5.11 Å². The van der Waals surface area contributed by atoms with Gasteiger partial charge in [0.15, 0.2) is 5.16 Å². The van der Waals surface area contributed by atoms with E-state index in [9.17, 15) is 5.11 Å². The fraction of sp³-hybridized carbons (Fsp3) is 0.500. The lowest BCUT2D eigenvalue weighted by Crippen LogP contribution is -2.23. The van der Waals surface area contributed by atoms with Crippen LogP contribution in [0.2, 0.25) is 0 Å². The Kier molecular flexibility index (Phi) is 4.95. The van der Waals surface area contributed by atoms with Crippen LogP contribution in [0.4, 0.5) is 5.82 Å². The summed E-state index contributed by atoms with van der Waals surface area (Å²) in [7, 11) is 0. The molecule has 1 heterocycles. The second kappa shape index (κ2) is 7.34. The molecule has 0 bridgehead atoms. The predicted octanol–water partition coefficient (Wildman–Crippen LogP) is 3.41. The van der Waals surface area contributed by atoms with Crippen molar-refractivity contribution in [2.45, 2.75) is 62.8 Å². The number of hydrogen-bond acceptors (Lipinski definition) is 5. The summed E-state index contributed by atoms with van der Waals surface area (Å²) in [6, 6.07) is 9.12. The van der Waals surface area contributed by atoms with Gasteiger partial charge in [-0.15, -0.1) is 0 Å². The molecule has 0 unspecified atom stereocenters. The molecule has 1 aromatic carbocycles. The first kappa shape index (κ1) is 16.9. The van der Waals surface area contributed by atoms with Gasteiger partial charge in [0.05, 0.1) is 11.8 Å². The number of aliphatic hydroxyl groups is 1. The molecule has 0 aliphatic heterocycles.